The highest BCUT2D eigenvalue weighted by atomic mass is 16.5. The predicted octanol–water partition coefficient (Wildman–Crippen LogP) is 3.00. The summed E-state index contributed by atoms with van der Waals surface area (Å²) in [6.07, 6.45) is 0.963. The van der Waals surface area contributed by atoms with Crippen molar-refractivity contribution in [3.63, 3.8) is 0 Å². The Bertz CT molecular complexity index is 828. The average Bonchev–Trinajstić information content (AvgIpc) is 2.75. The van der Waals surface area contributed by atoms with Crippen molar-refractivity contribution >= 4 is 11.7 Å². The molecule has 2 aromatic carbocycles. The van der Waals surface area contributed by atoms with Crippen LogP contribution in [-0.4, -0.2) is 48.9 Å². The summed E-state index contributed by atoms with van der Waals surface area (Å²) in [6, 6.07) is 13.7. The summed E-state index contributed by atoms with van der Waals surface area (Å²) in [7, 11) is 4.11. The van der Waals surface area contributed by atoms with E-state index in [0.29, 0.717) is 12.4 Å². The summed E-state index contributed by atoms with van der Waals surface area (Å²) in [4.78, 5) is 18.0. The van der Waals surface area contributed by atoms with Crippen LogP contribution in [-0.2, 0) is 17.8 Å². The fraction of sp³-hybridized carbons (Fsp3) is 0.333. The van der Waals surface area contributed by atoms with Crippen LogP contribution in [0.1, 0.15) is 28.7 Å². The van der Waals surface area contributed by atoms with Gasteiger partial charge >= 0.3 is 5.97 Å². The molecule has 0 saturated heterocycles. The van der Waals surface area contributed by atoms with Crippen LogP contribution in [0.3, 0.4) is 0 Å². The molecule has 0 spiro atoms. The van der Waals surface area contributed by atoms with Crippen molar-refractivity contribution in [3.8, 4) is 5.75 Å². The standard InChI is InChI=1S/C21H24N2O3/c1-23(2)11-5-10-22-21-17-7-4-3-6-16(17)14-26-19-12-15(13-20(24)25)8-9-18(19)21/h3-4,6-9,12H,5,10-11,13-14H2,1-2H3,(H,24,25)/b22-21+. The van der Waals surface area contributed by atoms with Crippen LogP contribution in [0.5, 0.6) is 5.75 Å². The fourth-order valence-electron chi connectivity index (χ4n) is 3.09. The zero-order valence-corrected chi connectivity index (χ0v) is 15.2. The zero-order valence-electron chi connectivity index (χ0n) is 15.2. The number of carboxylic acids is 1. The van der Waals surface area contributed by atoms with Gasteiger partial charge in [0, 0.05) is 17.7 Å². The summed E-state index contributed by atoms with van der Waals surface area (Å²) in [6.45, 7) is 2.17. The molecule has 0 fully saturated rings. The van der Waals surface area contributed by atoms with Crippen LogP contribution in [0.15, 0.2) is 47.5 Å². The van der Waals surface area contributed by atoms with E-state index in [9.17, 15) is 4.79 Å². The Morgan fingerprint density at radius 1 is 1.19 bits per heavy atom. The predicted molar refractivity (Wildman–Crippen MR) is 102 cm³/mol. The van der Waals surface area contributed by atoms with Gasteiger partial charge in [-0.1, -0.05) is 30.3 Å². The van der Waals surface area contributed by atoms with Gasteiger partial charge in [0.05, 0.1) is 12.1 Å². The van der Waals surface area contributed by atoms with Crippen LogP contribution in [0.4, 0.5) is 0 Å². The maximum atomic E-state index is 11.0. The highest BCUT2D eigenvalue weighted by Crippen LogP contribution is 2.30. The first-order valence-corrected chi connectivity index (χ1v) is 8.80. The quantitative estimate of drug-likeness (QED) is 0.812. The van der Waals surface area contributed by atoms with E-state index in [4.69, 9.17) is 14.8 Å². The van der Waals surface area contributed by atoms with E-state index in [2.05, 4.69) is 31.1 Å². The number of ether oxygens (including phenoxy) is 1. The maximum absolute atomic E-state index is 11.0. The number of carbonyl (C=O) groups is 1. The molecule has 1 aliphatic rings. The van der Waals surface area contributed by atoms with Crippen molar-refractivity contribution < 1.29 is 14.6 Å². The van der Waals surface area contributed by atoms with Crippen molar-refractivity contribution in [2.24, 2.45) is 4.99 Å². The number of hydrogen-bond acceptors (Lipinski definition) is 4. The Balaban J connectivity index is 1.98. The van der Waals surface area contributed by atoms with Gasteiger partial charge in [0.2, 0.25) is 0 Å². The van der Waals surface area contributed by atoms with Gasteiger partial charge in [0.25, 0.3) is 0 Å². The molecule has 1 aliphatic heterocycles. The van der Waals surface area contributed by atoms with Gasteiger partial charge in [0.15, 0.2) is 0 Å². The number of carboxylic acid groups (broad SMARTS) is 1. The monoisotopic (exact) mass is 352 g/mol. The topological polar surface area (TPSA) is 62.1 Å². The Kier molecular flexibility index (Phi) is 5.68. The van der Waals surface area contributed by atoms with E-state index in [-0.39, 0.29) is 6.42 Å². The molecule has 1 heterocycles. The molecule has 0 atom stereocenters. The van der Waals surface area contributed by atoms with Crippen LogP contribution >= 0.6 is 0 Å². The maximum Gasteiger partial charge on any atom is 0.307 e. The molecule has 0 bridgehead atoms. The normalized spacial score (nSPS) is 14.5. The minimum Gasteiger partial charge on any atom is -0.488 e. The molecule has 26 heavy (non-hydrogen) atoms. The van der Waals surface area contributed by atoms with Gasteiger partial charge in [-0.05, 0) is 50.3 Å². The number of aliphatic carboxylic acids is 1. The Labute approximate surface area is 153 Å². The third-order valence-electron chi connectivity index (χ3n) is 4.35. The molecule has 136 valence electrons. The lowest BCUT2D eigenvalue weighted by Gasteiger charge is -2.12. The van der Waals surface area contributed by atoms with Gasteiger partial charge in [0.1, 0.15) is 12.4 Å². The van der Waals surface area contributed by atoms with Gasteiger partial charge < -0.3 is 14.7 Å². The third-order valence-corrected chi connectivity index (χ3v) is 4.35. The largest absolute Gasteiger partial charge is 0.488 e. The van der Waals surface area contributed by atoms with Crippen molar-refractivity contribution in [1.82, 2.24) is 4.90 Å². The second-order valence-electron chi connectivity index (χ2n) is 6.73. The van der Waals surface area contributed by atoms with E-state index in [1.165, 1.54) is 0 Å². The SMILES string of the molecule is CN(C)CCC/N=C1\c2ccccc2COc2cc(CC(=O)O)ccc21. The van der Waals surface area contributed by atoms with Crippen molar-refractivity contribution in [1.29, 1.82) is 0 Å². The highest BCUT2D eigenvalue weighted by molar-refractivity contribution is 6.15. The van der Waals surface area contributed by atoms with Gasteiger partial charge in [-0.2, -0.15) is 0 Å². The molecule has 3 rings (SSSR count). The van der Waals surface area contributed by atoms with Crippen LogP contribution < -0.4 is 4.74 Å². The van der Waals surface area contributed by atoms with Gasteiger partial charge in [-0.15, -0.1) is 0 Å². The van der Waals surface area contributed by atoms with E-state index in [0.717, 1.165) is 47.5 Å². The molecule has 5 heteroatoms. The minimum absolute atomic E-state index is 0.0150. The summed E-state index contributed by atoms with van der Waals surface area (Å²) in [5.41, 5.74) is 4.76. The van der Waals surface area contributed by atoms with Crippen LogP contribution in [0.25, 0.3) is 0 Å². The van der Waals surface area contributed by atoms with Crippen LogP contribution in [0, 0.1) is 0 Å². The number of hydrogen-bond donors (Lipinski definition) is 1. The first-order chi connectivity index (χ1) is 12.5. The first-order valence-electron chi connectivity index (χ1n) is 8.80. The molecule has 0 amide bonds. The van der Waals surface area contributed by atoms with Gasteiger partial charge in [-0.25, -0.2) is 0 Å². The number of nitrogens with zero attached hydrogens (tertiary/aromatic N) is 2. The van der Waals surface area contributed by atoms with Crippen molar-refractivity contribution in [3.05, 3.63) is 64.7 Å². The Morgan fingerprint density at radius 3 is 2.77 bits per heavy atom. The molecule has 5 nitrogen and oxygen atoms in total. The number of fused-ring (bicyclic) bond motifs is 2. The lowest BCUT2D eigenvalue weighted by atomic mass is 9.97. The molecular weight excluding hydrogens is 328 g/mol. The van der Waals surface area contributed by atoms with Crippen molar-refractivity contribution in [2.75, 3.05) is 27.2 Å². The van der Waals surface area contributed by atoms with E-state index >= 15 is 0 Å². The third kappa shape index (κ3) is 4.29. The summed E-state index contributed by atoms with van der Waals surface area (Å²) in [5, 5.41) is 9.04. The molecule has 0 radical (unpaired) electrons. The molecule has 2 aromatic rings. The molecule has 0 saturated carbocycles. The smallest absolute Gasteiger partial charge is 0.307 e. The minimum atomic E-state index is -0.848. The van der Waals surface area contributed by atoms with E-state index in [1.54, 1.807) is 0 Å². The van der Waals surface area contributed by atoms with Gasteiger partial charge in [-0.3, -0.25) is 9.79 Å². The van der Waals surface area contributed by atoms with Crippen LogP contribution in [0.2, 0.25) is 0 Å². The van der Waals surface area contributed by atoms with E-state index < -0.39 is 5.97 Å². The molecule has 0 unspecified atom stereocenters. The Morgan fingerprint density at radius 2 is 2.00 bits per heavy atom. The lowest BCUT2D eigenvalue weighted by molar-refractivity contribution is -0.136. The second-order valence-corrected chi connectivity index (χ2v) is 6.73. The second kappa shape index (κ2) is 8.15. The van der Waals surface area contributed by atoms with Crippen molar-refractivity contribution in [2.45, 2.75) is 19.4 Å². The Hall–Kier alpha value is -2.66. The molecule has 1 N–H and O–H groups in total. The number of rotatable bonds is 6. The lowest BCUT2D eigenvalue weighted by Crippen LogP contribution is -2.14. The molecule has 0 aromatic heterocycles. The zero-order chi connectivity index (χ0) is 18.5. The summed E-state index contributed by atoms with van der Waals surface area (Å²) in [5.74, 6) is -0.147. The average molecular weight is 352 g/mol. The summed E-state index contributed by atoms with van der Waals surface area (Å²) >= 11 is 0. The number of benzene rings is 2. The first kappa shape index (κ1) is 18.1. The molecular formula is C21H24N2O3. The fourth-order valence-corrected chi connectivity index (χ4v) is 3.09. The summed E-state index contributed by atoms with van der Waals surface area (Å²) < 4.78 is 5.99. The van der Waals surface area contributed by atoms with E-state index in [1.807, 2.05) is 30.3 Å². The highest BCUT2D eigenvalue weighted by Gasteiger charge is 2.20. The molecule has 0 aliphatic carbocycles. The number of aliphatic imine (C=N–C) groups is 1.